The minimum Gasteiger partial charge on any atom is -0.387 e. The van der Waals surface area contributed by atoms with Crippen LogP contribution in [0.4, 0.5) is 0 Å². The molecule has 0 atom stereocenters. The average molecular weight is 174 g/mol. The maximum atomic E-state index is 5.62. The third-order valence-electron chi connectivity index (χ3n) is 1.42. The molecule has 0 rings (SSSR count). The first-order chi connectivity index (χ1) is 5.31. The molecule has 0 saturated carbocycles. The van der Waals surface area contributed by atoms with E-state index in [1.54, 1.807) is 0 Å². The lowest BCUT2D eigenvalue weighted by Gasteiger charge is -1.97. The lowest BCUT2D eigenvalue weighted by molar-refractivity contribution is 0.802. The van der Waals surface area contributed by atoms with Crippen LogP contribution in [0.25, 0.3) is 0 Å². The van der Waals surface area contributed by atoms with Gasteiger partial charge < -0.3 is 5.73 Å². The smallest absolute Gasteiger partial charge is 0.0937 e. The van der Waals surface area contributed by atoms with E-state index in [1.165, 1.54) is 6.42 Å². The summed E-state index contributed by atoms with van der Waals surface area (Å²) in [5.41, 5.74) is 5.62. The lowest BCUT2D eigenvalue weighted by atomic mass is 10.3. The molecule has 3 heteroatoms. The van der Waals surface area contributed by atoms with Crippen LogP contribution >= 0.6 is 12.6 Å². The summed E-state index contributed by atoms with van der Waals surface area (Å²) in [5, 5.41) is 0. The third kappa shape index (κ3) is 7.72. The van der Waals surface area contributed by atoms with Gasteiger partial charge in [-0.3, -0.25) is 4.99 Å². The summed E-state index contributed by atoms with van der Waals surface area (Å²) in [7, 11) is 0. The molecule has 11 heavy (non-hydrogen) atoms. The van der Waals surface area contributed by atoms with Crippen molar-refractivity contribution in [1.82, 2.24) is 0 Å². The fourth-order valence-corrected chi connectivity index (χ4v) is 0.878. The van der Waals surface area contributed by atoms with Gasteiger partial charge in [0, 0.05) is 13.0 Å². The van der Waals surface area contributed by atoms with Crippen molar-refractivity contribution in [2.24, 2.45) is 10.7 Å². The molecule has 0 aromatic heterocycles. The number of hydrogen-bond acceptors (Lipinski definition) is 2. The van der Waals surface area contributed by atoms with Crippen LogP contribution in [-0.4, -0.2) is 18.1 Å². The normalized spacial score (nSPS) is 12.0. The van der Waals surface area contributed by atoms with Crippen molar-refractivity contribution < 1.29 is 0 Å². The van der Waals surface area contributed by atoms with Crippen LogP contribution in [0.2, 0.25) is 0 Å². The van der Waals surface area contributed by atoms with E-state index in [2.05, 4.69) is 24.5 Å². The van der Waals surface area contributed by atoms with Crippen LogP contribution in [-0.2, 0) is 0 Å². The summed E-state index contributed by atoms with van der Waals surface area (Å²) in [6.07, 6.45) is 4.25. The van der Waals surface area contributed by atoms with Gasteiger partial charge in [0.2, 0.25) is 0 Å². The molecule has 0 aromatic rings. The summed E-state index contributed by atoms with van der Waals surface area (Å²) < 4.78 is 0. The van der Waals surface area contributed by atoms with Crippen molar-refractivity contribution >= 4 is 18.5 Å². The molecule has 0 fully saturated rings. The van der Waals surface area contributed by atoms with Crippen molar-refractivity contribution in [3.63, 3.8) is 0 Å². The standard InChI is InChI=1S/C8H18N2S/c1-2-3-6-10-8(9)5-4-7-11/h11H,2-7H2,1H3,(H2,9,10). The van der Waals surface area contributed by atoms with Gasteiger partial charge in [0.15, 0.2) is 0 Å². The van der Waals surface area contributed by atoms with Crippen LogP contribution in [0.3, 0.4) is 0 Å². The second-order valence-electron chi connectivity index (χ2n) is 2.55. The summed E-state index contributed by atoms with van der Waals surface area (Å²) in [5.74, 6) is 1.68. The Morgan fingerprint density at radius 3 is 2.73 bits per heavy atom. The fraction of sp³-hybridized carbons (Fsp3) is 0.875. The van der Waals surface area contributed by atoms with Gasteiger partial charge in [0.25, 0.3) is 0 Å². The van der Waals surface area contributed by atoms with Gasteiger partial charge in [-0.2, -0.15) is 12.6 Å². The molecule has 0 saturated heterocycles. The van der Waals surface area contributed by atoms with E-state index in [9.17, 15) is 0 Å². The van der Waals surface area contributed by atoms with Crippen LogP contribution < -0.4 is 5.73 Å². The maximum Gasteiger partial charge on any atom is 0.0937 e. The number of amidine groups is 1. The molecule has 0 bridgehead atoms. The molecule has 0 spiro atoms. The van der Waals surface area contributed by atoms with Gasteiger partial charge in [0.05, 0.1) is 5.84 Å². The van der Waals surface area contributed by atoms with Crippen LogP contribution in [0, 0.1) is 0 Å². The zero-order valence-electron chi connectivity index (χ0n) is 7.21. The van der Waals surface area contributed by atoms with E-state index in [0.717, 1.165) is 37.4 Å². The molecule has 0 aliphatic carbocycles. The Balaban J connectivity index is 3.30. The first-order valence-electron chi connectivity index (χ1n) is 4.21. The fourth-order valence-electron chi connectivity index (χ4n) is 0.720. The Morgan fingerprint density at radius 2 is 2.18 bits per heavy atom. The van der Waals surface area contributed by atoms with Crippen molar-refractivity contribution in [2.45, 2.75) is 32.6 Å². The second kappa shape index (κ2) is 7.92. The lowest BCUT2D eigenvalue weighted by Crippen LogP contribution is -2.12. The Labute approximate surface area is 74.7 Å². The highest BCUT2D eigenvalue weighted by atomic mass is 32.1. The zero-order chi connectivity index (χ0) is 8.53. The number of hydrogen-bond donors (Lipinski definition) is 2. The highest BCUT2D eigenvalue weighted by molar-refractivity contribution is 7.80. The molecule has 0 amide bonds. The number of unbranched alkanes of at least 4 members (excludes halogenated alkanes) is 1. The maximum absolute atomic E-state index is 5.62. The molecule has 0 unspecified atom stereocenters. The molecule has 0 aliphatic heterocycles. The monoisotopic (exact) mass is 174 g/mol. The summed E-state index contributed by atoms with van der Waals surface area (Å²) >= 11 is 4.09. The minimum atomic E-state index is 0.785. The molecule has 66 valence electrons. The van der Waals surface area contributed by atoms with Crippen LogP contribution in [0.15, 0.2) is 4.99 Å². The Bertz CT molecular complexity index is 113. The molecule has 2 N–H and O–H groups in total. The second-order valence-corrected chi connectivity index (χ2v) is 3.00. The number of rotatable bonds is 6. The summed E-state index contributed by atoms with van der Waals surface area (Å²) in [6, 6.07) is 0. The van der Waals surface area contributed by atoms with Gasteiger partial charge in [0.1, 0.15) is 0 Å². The molecule has 0 heterocycles. The highest BCUT2D eigenvalue weighted by Gasteiger charge is 1.90. The molecular formula is C8H18N2S. The highest BCUT2D eigenvalue weighted by Crippen LogP contribution is 1.93. The molecular weight excluding hydrogens is 156 g/mol. The number of nitrogens with zero attached hydrogens (tertiary/aromatic N) is 1. The summed E-state index contributed by atoms with van der Waals surface area (Å²) in [6.45, 7) is 3.04. The number of thiol groups is 1. The first-order valence-corrected chi connectivity index (χ1v) is 4.84. The van der Waals surface area contributed by atoms with Crippen LogP contribution in [0.1, 0.15) is 32.6 Å². The van der Waals surface area contributed by atoms with E-state index < -0.39 is 0 Å². The average Bonchev–Trinajstić information content (AvgIpc) is 2.01. The molecule has 0 aliphatic rings. The Hall–Kier alpha value is -0.180. The summed E-state index contributed by atoms with van der Waals surface area (Å²) in [4.78, 5) is 4.21. The van der Waals surface area contributed by atoms with Gasteiger partial charge in [-0.15, -0.1) is 0 Å². The van der Waals surface area contributed by atoms with Crippen molar-refractivity contribution in [3.05, 3.63) is 0 Å². The minimum absolute atomic E-state index is 0.785. The Morgan fingerprint density at radius 1 is 1.45 bits per heavy atom. The predicted octanol–water partition coefficient (Wildman–Crippen LogP) is 1.85. The van der Waals surface area contributed by atoms with Crippen molar-refractivity contribution in [1.29, 1.82) is 0 Å². The van der Waals surface area contributed by atoms with E-state index in [4.69, 9.17) is 5.73 Å². The largest absolute Gasteiger partial charge is 0.387 e. The molecule has 2 nitrogen and oxygen atoms in total. The number of nitrogens with two attached hydrogens (primary N) is 1. The van der Waals surface area contributed by atoms with E-state index in [0.29, 0.717) is 0 Å². The SMILES string of the molecule is CCCCN=C(N)CCCS. The van der Waals surface area contributed by atoms with Gasteiger partial charge >= 0.3 is 0 Å². The predicted molar refractivity (Wildman–Crippen MR) is 54.5 cm³/mol. The topological polar surface area (TPSA) is 38.4 Å². The van der Waals surface area contributed by atoms with E-state index in [-0.39, 0.29) is 0 Å². The van der Waals surface area contributed by atoms with E-state index in [1.807, 2.05) is 0 Å². The van der Waals surface area contributed by atoms with E-state index >= 15 is 0 Å². The number of aliphatic imine (C=N–C) groups is 1. The third-order valence-corrected chi connectivity index (χ3v) is 1.73. The molecule has 0 aromatic carbocycles. The van der Waals surface area contributed by atoms with Gasteiger partial charge in [-0.1, -0.05) is 13.3 Å². The zero-order valence-corrected chi connectivity index (χ0v) is 8.11. The first kappa shape index (κ1) is 10.8. The Kier molecular flexibility index (Phi) is 7.79. The molecule has 0 radical (unpaired) electrons. The van der Waals surface area contributed by atoms with Crippen molar-refractivity contribution in [3.8, 4) is 0 Å². The quantitative estimate of drug-likeness (QED) is 0.274. The van der Waals surface area contributed by atoms with Gasteiger partial charge in [-0.05, 0) is 18.6 Å². The van der Waals surface area contributed by atoms with Crippen LogP contribution in [0.5, 0.6) is 0 Å². The van der Waals surface area contributed by atoms with Crippen molar-refractivity contribution in [2.75, 3.05) is 12.3 Å². The van der Waals surface area contributed by atoms with Gasteiger partial charge in [-0.25, -0.2) is 0 Å².